The van der Waals surface area contributed by atoms with Gasteiger partial charge < -0.3 is 10.6 Å². The highest BCUT2D eigenvalue weighted by atomic mass is 16.2. The van der Waals surface area contributed by atoms with Crippen molar-refractivity contribution in [1.29, 1.82) is 0 Å². The van der Waals surface area contributed by atoms with Gasteiger partial charge in [-0.2, -0.15) is 0 Å². The number of nitrogens with zero attached hydrogens (tertiary/aromatic N) is 1. The molecule has 17 heavy (non-hydrogen) atoms. The number of likely N-dealkylation sites (N-methyl/N-ethyl adjacent to an activating group) is 1. The smallest absolute Gasteiger partial charge is 0.227 e. The van der Waals surface area contributed by atoms with Gasteiger partial charge in [0.1, 0.15) is 0 Å². The van der Waals surface area contributed by atoms with Crippen molar-refractivity contribution in [3.8, 4) is 0 Å². The van der Waals surface area contributed by atoms with Gasteiger partial charge >= 0.3 is 0 Å². The molecule has 0 aliphatic carbocycles. The SMILES string of the molecule is CCCC(C)N(C)C(=O)Cc1ccccc1N. The lowest BCUT2D eigenvalue weighted by atomic mass is 10.1. The van der Waals surface area contributed by atoms with Crippen LogP contribution in [-0.4, -0.2) is 23.9 Å². The Morgan fingerprint density at radius 3 is 2.65 bits per heavy atom. The van der Waals surface area contributed by atoms with Crippen molar-refractivity contribution in [1.82, 2.24) is 4.90 Å². The van der Waals surface area contributed by atoms with Crippen LogP contribution in [0.15, 0.2) is 24.3 Å². The number of carbonyl (C=O) groups is 1. The lowest BCUT2D eigenvalue weighted by Crippen LogP contribution is -2.36. The molecule has 1 unspecified atom stereocenters. The standard InChI is InChI=1S/C14H22N2O/c1-4-7-11(2)16(3)14(17)10-12-8-5-6-9-13(12)15/h5-6,8-9,11H,4,7,10,15H2,1-3H3. The fourth-order valence-electron chi connectivity index (χ4n) is 1.84. The van der Waals surface area contributed by atoms with E-state index in [9.17, 15) is 4.79 Å². The van der Waals surface area contributed by atoms with Crippen molar-refractivity contribution in [2.75, 3.05) is 12.8 Å². The number of nitrogen functional groups attached to an aromatic ring is 1. The number of para-hydroxylation sites is 1. The summed E-state index contributed by atoms with van der Waals surface area (Å²) in [4.78, 5) is 13.9. The lowest BCUT2D eigenvalue weighted by Gasteiger charge is -2.25. The van der Waals surface area contributed by atoms with Gasteiger partial charge in [-0.3, -0.25) is 4.79 Å². The number of amides is 1. The molecule has 0 aromatic heterocycles. The molecule has 2 N–H and O–H groups in total. The van der Waals surface area contributed by atoms with Gasteiger partial charge in [0.15, 0.2) is 0 Å². The Morgan fingerprint density at radius 2 is 2.06 bits per heavy atom. The molecule has 0 heterocycles. The van der Waals surface area contributed by atoms with Gasteiger partial charge in [0.25, 0.3) is 0 Å². The molecule has 3 nitrogen and oxygen atoms in total. The second kappa shape index (κ2) is 6.28. The van der Waals surface area contributed by atoms with Crippen molar-refractivity contribution in [3.05, 3.63) is 29.8 Å². The molecule has 0 saturated heterocycles. The molecule has 0 fully saturated rings. The van der Waals surface area contributed by atoms with Crippen LogP contribution in [-0.2, 0) is 11.2 Å². The minimum absolute atomic E-state index is 0.129. The molecular formula is C14H22N2O. The number of anilines is 1. The number of carbonyl (C=O) groups excluding carboxylic acids is 1. The maximum Gasteiger partial charge on any atom is 0.227 e. The molecule has 94 valence electrons. The van der Waals surface area contributed by atoms with Crippen molar-refractivity contribution in [3.63, 3.8) is 0 Å². The van der Waals surface area contributed by atoms with Gasteiger partial charge in [0.05, 0.1) is 6.42 Å². The monoisotopic (exact) mass is 234 g/mol. The van der Waals surface area contributed by atoms with Gasteiger partial charge in [-0.15, -0.1) is 0 Å². The highest BCUT2D eigenvalue weighted by Gasteiger charge is 2.15. The molecular weight excluding hydrogens is 212 g/mol. The summed E-state index contributed by atoms with van der Waals surface area (Å²) in [6.07, 6.45) is 2.51. The molecule has 0 aliphatic rings. The zero-order chi connectivity index (χ0) is 12.8. The number of hydrogen-bond acceptors (Lipinski definition) is 2. The highest BCUT2D eigenvalue weighted by Crippen LogP contribution is 2.13. The molecule has 3 heteroatoms. The third-order valence-corrected chi connectivity index (χ3v) is 3.16. The normalized spacial score (nSPS) is 12.2. The second-order valence-corrected chi connectivity index (χ2v) is 4.52. The van der Waals surface area contributed by atoms with Crippen LogP contribution in [0, 0.1) is 0 Å². The molecule has 0 saturated carbocycles. The summed E-state index contributed by atoms with van der Waals surface area (Å²) in [7, 11) is 1.86. The van der Waals surface area contributed by atoms with Crippen LogP contribution in [0.25, 0.3) is 0 Å². The summed E-state index contributed by atoms with van der Waals surface area (Å²) in [5.41, 5.74) is 7.44. The highest BCUT2D eigenvalue weighted by molar-refractivity contribution is 5.80. The maximum absolute atomic E-state index is 12.1. The first-order chi connectivity index (χ1) is 8.06. The van der Waals surface area contributed by atoms with Gasteiger partial charge in [-0.05, 0) is 25.0 Å². The summed E-state index contributed by atoms with van der Waals surface area (Å²) in [6, 6.07) is 7.82. The fourth-order valence-corrected chi connectivity index (χ4v) is 1.84. The van der Waals surface area contributed by atoms with Crippen LogP contribution in [0.2, 0.25) is 0 Å². The van der Waals surface area contributed by atoms with Gasteiger partial charge in [-0.25, -0.2) is 0 Å². The van der Waals surface area contributed by atoms with E-state index >= 15 is 0 Å². The molecule has 0 bridgehead atoms. The molecule has 1 aromatic rings. The Kier molecular flexibility index (Phi) is 5.01. The minimum Gasteiger partial charge on any atom is -0.398 e. The van der Waals surface area contributed by atoms with Gasteiger partial charge in [0, 0.05) is 18.8 Å². The van der Waals surface area contributed by atoms with Crippen LogP contribution < -0.4 is 5.73 Å². The Balaban J connectivity index is 2.63. The predicted molar refractivity (Wildman–Crippen MR) is 71.7 cm³/mol. The summed E-state index contributed by atoms with van der Waals surface area (Å²) in [5.74, 6) is 0.129. The first-order valence-electron chi connectivity index (χ1n) is 6.15. The Labute approximate surface area is 104 Å². The molecule has 0 spiro atoms. The molecule has 1 aromatic carbocycles. The number of benzene rings is 1. The summed E-state index contributed by atoms with van der Waals surface area (Å²) in [6.45, 7) is 4.21. The quantitative estimate of drug-likeness (QED) is 0.795. The zero-order valence-electron chi connectivity index (χ0n) is 10.9. The van der Waals surface area contributed by atoms with E-state index in [-0.39, 0.29) is 11.9 Å². The first kappa shape index (κ1) is 13.6. The summed E-state index contributed by atoms with van der Waals surface area (Å²) in [5, 5.41) is 0. The van der Waals surface area contributed by atoms with E-state index < -0.39 is 0 Å². The largest absolute Gasteiger partial charge is 0.398 e. The Morgan fingerprint density at radius 1 is 1.41 bits per heavy atom. The van der Waals surface area contributed by atoms with Gasteiger partial charge in [-0.1, -0.05) is 31.5 Å². The first-order valence-corrected chi connectivity index (χ1v) is 6.15. The third kappa shape index (κ3) is 3.77. The molecule has 1 amide bonds. The minimum atomic E-state index is 0.129. The van der Waals surface area contributed by atoms with E-state index in [4.69, 9.17) is 5.73 Å². The summed E-state index contributed by atoms with van der Waals surface area (Å²) >= 11 is 0. The van der Waals surface area contributed by atoms with E-state index in [0.29, 0.717) is 12.1 Å². The van der Waals surface area contributed by atoms with E-state index in [0.717, 1.165) is 18.4 Å². The van der Waals surface area contributed by atoms with Crippen LogP contribution >= 0.6 is 0 Å². The van der Waals surface area contributed by atoms with E-state index in [1.807, 2.05) is 36.2 Å². The van der Waals surface area contributed by atoms with Crippen LogP contribution in [0.5, 0.6) is 0 Å². The second-order valence-electron chi connectivity index (χ2n) is 4.52. The third-order valence-electron chi connectivity index (χ3n) is 3.16. The van der Waals surface area contributed by atoms with Crippen LogP contribution in [0.4, 0.5) is 5.69 Å². The van der Waals surface area contributed by atoms with Crippen LogP contribution in [0.1, 0.15) is 32.3 Å². The van der Waals surface area contributed by atoms with Gasteiger partial charge in [0.2, 0.25) is 5.91 Å². The van der Waals surface area contributed by atoms with Crippen molar-refractivity contribution >= 4 is 11.6 Å². The van der Waals surface area contributed by atoms with Crippen LogP contribution in [0.3, 0.4) is 0 Å². The average Bonchev–Trinajstić information content (AvgIpc) is 2.31. The lowest BCUT2D eigenvalue weighted by molar-refractivity contribution is -0.131. The van der Waals surface area contributed by atoms with E-state index in [2.05, 4.69) is 13.8 Å². The van der Waals surface area contributed by atoms with Crippen molar-refractivity contribution in [2.45, 2.75) is 39.2 Å². The van der Waals surface area contributed by atoms with E-state index in [1.54, 1.807) is 0 Å². The number of nitrogens with two attached hydrogens (primary N) is 1. The van der Waals surface area contributed by atoms with Crippen molar-refractivity contribution < 1.29 is 4.79 Å². The number of hydrogen-bond donors (Lipinski definition) is 1. The van der Waals surface area contributed by atoms with Crippen molar-refractivity contribution in [2.24, 2.45) is 0 Å². The fraction of sp³-hybridized carbons (Fsp3) is 0.500. The molecule has 0 aliphatic heterocycles. The maximum atomic E-state index is 12.1. The molecule has 1 atom stereocenters. The molecule has 0 radical (unpaired) electrons. The number of rotatable bonds is 5. The molecule has 1 rings (SSSR count). The topological polar surface area (TPSA) is 46.3 Å². The Hall–Kier alpha value is -1.51. The zero-order valence-corrected chi connectivity index (χ0v) is 10.9. The average molecular weight is 234 g/mol. The summed E-state index contributed by atoms with van der Waals surface area (Å²) < 4.78 is 0. The van der Waals surface area contributed by atoms with E-state index in [1.165, 1.54) is 0 Å². The Bertz CT molecular complexity index is 376. The predicted octanol–water partition coefficient (Wildman–Crippen LogP) is 2.46.